The van der Waals surface area contributed by atoms with Gasteiger partial charge in [-0.1, -0.05) is 30.3 Å². The summed E-state index contributed by atoms with van der Waals surface area (Å²) in [6, 6.07) is 21.2. The highest BCUT2D eigenvalue weighted by Gasteiger charge is 2.17. The summed E-state index contributed by atoms with van der Waals surface area (Å²) < 4.78 is 8.79. The van der Waals surface area contributed by atoms with E-state index in [4.69, 9.17) is 4.74 Å². The molecule has 5 aromatic rings. The van der Waals surface area contributed by atoms with Crippen LogP contribution in [0.3, 0.4) is 0 Å². The largest absolute Gasteiger partial charge is 0.497 e. The highest BCUT2D eigenvalue weighted by Crippen LogP contribution is 2.24. The number of hydrogen-bond acceptors (Lipinski definition) is 4. The zero-order valence-electron chi connectivity index (χ0n) is 15.8. The van der Waals surface area contributed by atoms with Crippen molar-refractivity contribution in [3.8, 4) is 11.4 Å². The smallest absolute Gasteiger partial charge is 0.282 e. The number of pyridine rings is 2. The molecule has 6 heteroatoms. The van der Waals surface area contributed by atoms with Crippen molar-refractivity contribution < 1.29 is 4.74 Å². The number of rotatable bonds is 4. The summed E-state index contributed by atoms with van der Waals surface area (Å²) in [5.41, 5.74) is 3.50. The molecule has 0 aliphatic heterocycles. The number of methoxy groups -OCH3 is 1. The lowest BCUT2D eigenvalue weighted by molar-refractivity contribution is 0.414. The molecule has 142 valence electrons. The predicted molar refractivity (Wildman–Crippen MR) is 113 cm³/mol. The van der Waals surface area contributed by atoms with E-state index in [1.165, 1.54) is 0 Å². The Labute approximate surface area is 166 Å². The first-order chi connectivity index (χ1) is 14.3. The minimum atomic E-state index is -0.148. The van der Waals surface area contributed by atoms with E-state index < -0.39 is 0 Å². The van der Waals surface area contributed by atoms with Crippen molar-refractivity contribution >= 4 is 22.1 Å². The topological polar surface area (TPSA) is 61.9 Å². The van der Waals surface area contributed by atoms with Crippen molar-refractivity contribution in [1.29, 1.82) is 0 Å². The van der Waals surface area contributed by atoms with Crippen LogP contribution in [0.5, 0.6) is 5.75 Å². The maximum Gasteiger partial charge on any atom is 0.282 e. The van der Waals surface area contributed by atoms with Crippen LogP contribution in [0.1, 0.15) is 5.56 Å². The van der Waals surface area contributed by atoms with E-state index in [9.17, 15) is 4.79 Å². The van der Waals surface area contributed by atoms with Crippen molar-refractivity contribution in [3.63, 3.8) is 0 Å². The molecule has 0 radical (unpaired) electrons. The highest BCUT2D eigenvalue weighted by atomic mass is 16.5. The summed E-state index contributed by atoms with van der Waals surface area (Å²) in [5.74, 6) is 0.731. The third-order valence-corrected chi connectivity index (χ3v) is 5.02. The molecule has 6 nitrogen and oxygen atoms in total. The molecular formula is C23H18N4O2. The lowest BCUT2D eigenvalue weighted by atomic mass is 10.2. The molecule has 5 rings (SSSR count). The Morgan fingerprint density at radius 2 is 1.72 bits per heavy atom. The molecule has 0 fully saturated rings. The first-order valence-corrected chi connectivity index (χ1v) is 9.29. The number of nitrogens with zero attached hydrogens (tertiary/aromatic N) is 4. The van der Waals surface area contributed by atoms with Crippen molar-refractivity contribution in [1.82, 2.24) is 19.1 Å². The van der Waals surface area contributed by atoms with Crippen LogP contribution in [-0.4, -0.2) is 26.2 Å². The van der Waals surface area contributed by atoms with Crippen molar-refractivity contribution in [3.05, 3.63) is 95.2 Å². The normalized spacial score (nSPS) is 11.2. The number of ether oxygens (including phenoxy) is 1. The predicted octanol–water partition coefficient (Wildman–Crippen LogP) is 3.79. The average Bonchev–Trinajstić information content (AvgIpc) is 3.19. The van der Waals surface area contributed by atoms with E-state index in [2.05, 4.69) is 9.97 Å². The molecule has 3 aromatic heterocycles. The number of fused-ring (bicyclic) bond motifs is 3. The van der Waals surface area contributed by atoms with E-state index in [0.29, 0.717) is 23.2 Å². The van der Waals surface area contributed by atoms with Crippen LogP contribution in [0.4, 0.5) is 0 Å². The lowest BCUT2D eigenvalue weighted by Gasteiger charge is -2.12. The van der Waals surface area contributed by atoms with E-state index in [1.54, 1.807) is 24.2 Å². The summed E-state index contributed by atoms with van der Waals surface area (Å²) in [6.45, 7) is 0.570. The maximum absolute atomic E-state index is 13.6. The molecule has 0 N–H and O–H groups in total. The summed E-state index contributed by atoms with van der Waals surface area (Å²) in [4.78, 5) is 22.6. The van der Waals surface area contributed by atoms with E-state index in [0.717, 1.165) is 22.4 Å². The van der Waals surface area contributed by atoms with Gasteiger partial charge in [-0.2, -0.15) is 0 Å². The molecule has 0 atom stereocenters. The van der Waals surface area contributed by atoms with Gasteiger partial charge < -0.3 is 9.30 Å². The molecule has 0 aliphatic carbocycles. The van der Waals surface area contributed by atoms with Crippen LogP contribution in [-0.2, 0) is 6.54 Å². The first kappa shape index (κ1) is 17.2. The van der Waals surface area contributed by atoms with Crippen molar-refractivity contribution in [2.45, 2.75) is 6.54 Å². The fourth-order valence-electron chi connectivity index (χ4n) is 3.64. The van der Waals surface area contributed by atoms with E-state index >= 15 is 0 Å². The second kappa shape index (κ2) is 6.91. The van der Waals surface area contributed by atoms with Crippen LogP contribution < -0.4 is 10.3 Å². The second-order valence-corrected chi connectivity index (χ2v) is 6.77. The van der Waals surface area contributed by atoms with Crippen LogP contribution in [0.2, 0.25) is 0 Å². The highest BCUT2D eigenvalue weighted by molar-refractivity contribution is 6.01. The van der Waals surface area contributed by atoms with Gasteiger partial charge in [-0.15, -0.1) is 0 Å². The molecule has 2 aromatic carbocycles. The van der Waals surface area contributed by atoms with Crippen LogP contribution in [0, 0.1) is 0 Å². The first-order valence-electron chi connectivity index (χ1n) is 9.29. The van der Waals surface area contributed by atoms with Gasteiger partial charge in [0.2, 0.25) is 0 Å². The molecule has 0 unspecified atom stereocenters. The molecule has 0 saturated carbocycles. The van der Waals surface area contributed by atoms with E-state index in [1.807, 2.05) is 71.3 Å². The minimum absolute atomic E-state index is 0.148. The monoisotopic (exact) mass is 382 g/mol. The third kappa shape index (κ3) is 2.86. The Morgan fingerprint density at radius 1 is 0.931 bits per heavy atom. The molecular weight excluding hydrogens is 364 g/mol. The van der Waals surface area contributed by atoms with Gasteiger partial charge >= 0.3 is 0 Å². The molecule has 0 saturated heterocycles. The summed E-state index contributed by atoms with van der Waals surface area (Å²) in [5, 5.41) is 0.838. The Balaban J connectivity index is 1.80. The summed E-state index contributed by atoms with van der Waals surface area (Å²) in [6.07, 6.45) is 3.42. The molecule has 29 heavy (non-hydrogen) atoms. The number of imidazole rings is 1. The van der Waals surface area contributed by atoms with Gasteiger partial charge in [0.15, 0.2) is 0 Å². The summed E-state index contributed by atoms with van der Waals surface area (Å²) in [7, 11) is 1.62. The van der Waals surface area contributed by atoms with Crippen LogP contribution in [0.15, 0.2) is 84.0 Å². The Morgan fingerprint density at radius 3 is 2.48 bits per heavy atom. The van der Waals surface area contributed by atoms with Gasteiger partial charge in [-0.25, -0.2) is 9.97 Å². The Kier molecular flexibility index (Phi) is 4.09. The zero-order chi connectivity index (χ0) is 19.8. The fraction of sp³-hybridized carbons (Fsp3) is 0.0870. The minimum Gasteiger partial charge on any atom is -0.497 e. The van der Waals surface area contributed by atoms with Gasteiger partial charge in [-0.05, 0) is 42.0 Å². The average molecular weight is 382 g/mol. The van der Waals surface area contributed by atoms with Gasteiger partial charge in [0.1, 0.15) is 22.4 Å². The van der Waals surface area contributed by atoms with Crippen LogP contribution in [0.25, 0.3) is 27.8 Å². The zero-order valence-corrected chi connectivity index (χ0v) is 15.8. The standard InChI is InChI=1S/C23H18N4O2/c1-29-18-11-9-17(10-12-18)27-22-19(8-5-13-24-22)20-21(23(27)28)26(15-25-20)14-16-6-3-2-4-7-16/h2-13,15H,14H2,1H3. The molecule has 0 spiro atoms. The fourth-order valence-corrected chi connectivity index (χ4v) is 3.64. The molecule has 3 heterocycles. The number of aromatic nitrogens is 4. The van der Waals surface area contributed by atoms with Gasteiger partial charge in [-0.3, -0.25) is 9.36 Å². The maximum atomic E-state index is 13.6. The number of hydrogen-bond donors (Lipinski definition) is 0. The SMILES string of the molecule is COc1ccc(-n2c(=O)c3c(ncn3Cc3ccccc3)c3cccnc32)cc1. The van der Waals surface area contributed by atoms with Crippen molar-refractivity contribution in [2.75, 3.05) is 7.11 Å². The van der Waals surface area contributed by atoms with Gasteiger partial charge in [0.05, 0.1) is 19.1 Å². The molecule has 0 bridgehead atoms. The number of benzene rings is 2. The second-order valence-electron chi connectivity index (χ2n) is 6.77. The quantitative estimate of drug-likeness (QED) is 0.474. The van der Waals surface area contributed by atoms with Crippen LogP contribution >= 0.6 is 0 Å². The summed E-state index contributed by atoms with van der Waals surface area (Å²) >= 11 is 0. The van der Waals surface area contributed by atoms with E-state index in [-0.39, 0.29) is 5.56 Å². The molecule has 0 aliphatic rings. The Bertz CT molecular complexity index is 1370. The van der Waals surface area contributed by atoms with Crippen molar-refractivity contribution in [2.24, 2.45) is 0 Å². The Hall–Kier alpha value is -3.93. The van der Waals surface area contributed by atoms with Gasteiger partial charge in [0.25, 0.3) is 5.56 Å². The lowest BCUT2D eigenvalue weighted by Crippen LogP contribution is -2.22. The van der Waals surface area contributed by atoms with Gasteiger partial charge in [0, 0.05) is 18.1 Å². The molecule has 0 amide bonds. The third-order valence-electron chi connectivity index (χ3n) is 5.02.